The summed E-state index contributed by atoms with van der Waals surface area (Å²) in [6.45, 7) is 2.43. The van der Waals surface area contributed by atoms with Crippen molar-refractivity contribution in [2.24, 2.45) is 0 Å². The van der Waals surface area contributed by atoms with Crippen molar-refractivity contribution in [2.45, 2.75) is 13.5 Å². The number of hydrogen-bond acceptors (Lipinski definition) is 2. The van der Waals surface area contributed by atoms with E-state index in [1.165, 1.54) is 11.0 Å². The van der Waals surface area contributed by atoms with Crippen LogP contribution in [0.15, 0.2) is 48.5 Å². The third kappa shape index (κ3) is 3.48. The molecule has 0 radical (unpaired) electrons. The summed E-state index contributed by atoms with van der Waals surface area (Å²) in [6, 6.07) is 14.1. The summed E-state index contributed by atoms with van der Waals surface area (Å²) in [5.41, 5.74) is 2.37. The standard InChI is InChI=1S/C17H17NO3/c1-12-6-5-7-13(10-12)11-18(2)16(19)14-8-3-4-9-15(14)17(20)21/h3-10H,11H2,1-2H3,(H,20,21). The van der Waals surface area contributed by atoms with Crippen LogP contribution in [0.4, 0.5) is 0 Å². The SMILES string of the molecule is Cc1cccc(CN(C)C(=O)c2ccccc2C(=O)O)c1. The molecule has 0 bridgehead atoms. The maximum atomic E-state index is 12.4. The predicted molar refractivity (Wildman–Crippen MR) is 80.4 cm³/mol. The van der Waals surface area contributed by atoms with Crippen LogP contribution < -0.4 is 0 Å². The van der Waals surface area contributed by atoms with Gasteiger partial charge in [0.1, 0.15) is 0 Å². The summed E-state index contributed by atoms with van der Waals surface area (Å²) in [5.74, 6) is -1.39. The molecule has 0 aromatic heterocycles. The van der Waals surface area contributed by atoms with Gasteiger partial charge in [0.25, 0.3) is 5.91 Å². The third-order valence-electron chi connectivity index (χ3n) is 3.24. The Kier molecular flexibility index (Phi) is 4.38. The van der Waals surface area contributed by atoms with Crippen molar-refractivity contribution >= 4 is 11.9 Å². The minimum absolute atomic E-state index is 0.0265. The van der Waals surface area contributed by atoms with Gasteiger partial charge in [-0.2, -0.15) is 0 Å². The summed E-state index contributed by atoms with van der Waals surface area (Å²) in [5, 5.41) is 9.15. The van der Waals surface area contributed by atoms with E-state index in [2.05, 4.69) is 0 Å². The number of nitrogens with zero attached hydrogens (tertiary/aromatic N) is 1. The summed E-state index contributed by atoms with van der Waals surface area (Å²) >= 11 is 0. The Balaban J connectivity index is 2.22. The molecule has 0 saturated heterocycles. The Hall–Kier alpha value is -2.62. The predicted octanol–water partition coefficient (Wildman–Crippen LogP) is 2.97. The first kappa shape index (κ1) is 14.8. The summed E-state index contributed by atoms with van der Waals surface area (Å²) in [6.07, 6.45) is 0. The Morgan fingerprint density at radius 2 is 1.71 bits per heavy atom. The number of rotatable bonds is 4. The van der Waals surface area contributed by atoms with Crippen molar-refractivity contribution in [1.82, 2.24) is 4.90 Å². The van der Waals surface area contributed by atoms with E-state index < -0.39 is 5.97 Å². The molecule has 0 saturated carbocycles. The second kappa shape index (κ2) is 6.22. The first-order valence-electron chi connectivity index (χ1n) is 6.62. The lowest BCUT2D eigenvalue weighted by molar-refractivity contribution is 0.0680. The fraction of sp³-hybridized carbons (Fsp3) is 0.176. The molecule has 0 fully saturated rings. The molecule has 21 heavy (non-hydrogen) atoms. The molecule has 2 rings (SSSR count). The van der Waals surface area contributed by atoms with Gasteiger partial charge >= 0.3 is 5.97 Å². The molecule has 0 spiro atoms. The van der Waals surface area contributed by atoms with E-state index in [9.17, 15) is 9.59 Å². The van der Waals surface area contributed by atoms with E-state index in [1.807, 2.05) is 31.2 Å². The molecule has 1 N–H and O–H groups in total. The molecule has 1 amide bonds. The van der Waals surface area contributed by atoms with Crippen LogP contribution in [0, 0.1) is 6.92 Å². The second-order valence-electron chi connectivity index (χ2n) is 5.00. The van der Waals surface area contributed by atoms with Crippen LogP contribution in [0.2, 0.25) is 0 Å². The smallest absolute Gasteiger partial charge is 0.336 e. The highest BCUT2D eigenvalue weighted by molar-refractivity contribution is 6.04. The van der Waals surface area contributed by atoms with E-state index in [0.717, 1.165) is 11.1 Å². The quantitative estimate of drug-likeness (QED) is 0.938. The highest BCUT2D eigenvalue weighted by Crippen LogP contribution is 2.14. The number of aromatic carboxylic acids is 1. The number of carbonyl (C=O) groups excluding carboxylic acids is 1. The zero-order valence-corrected chi connectivity index (χ0v) is 12.0. The normalized spacial score (nSPS) is 10.2. The minimum Gasteiger partial charge on any atom is -0.478 e. The molecule has 4 heteroatoms. The average molecular weight is 283 g/mol. The van der Waals surface area contributed by atoms with Crippen LogP contribution in [0.25, 0.3) is 0 Å². The molecule has 0 aliphatic heterocycles. The maximum Gasteiger partial charge on any atom is 0.336 e. The van der Waals surface area contributed by atoms with Crippen molar-refractivity contribution in [1.29, 1.82) is 0 Å². The van der Waals surface area contributed by atoms with Gasteiger partial charge in [0.2, 0.25) is 0 Å². The lowest BCUT2D eigenvalue weighted by atomic mass is 10.1. The van der Waals surface area contributed by atoms with E-state index in [0.29, 0.717) is 6.54 Å². The van der Waals surface area contributed by atoms with Crippen molar-refractivity contribution < 1.29 is 14.7 Å². The number of benzene rings is 2. The summed E-state index contributed by atoms with van der Waals surface area (Å²) in [7, 11) is 1.67. The van der Waals surface area contributed by atoms with Gasteiger partial charge in [-0.3, -0.25) is 4.79 Å². The van der Waals surface area contributed by atoms with Gasteiger partial charge in [0, 0.05) is 13.6 Å². The van der Waals surface area contributed by atoms with Crippen LogP contribution >= 0.6 is 0 Å². The Morgan fingerprint density at radius 3 is 2.33 bits per heavy atom. The van der Waals surface area contributed by atoms with Crippen LogP contribution in [0.5, 0.6) is 0 Å². The molecular formula is C17H17NO3. The molecule has 4 nitrogen and oxygen atoms in total. The number of hydrogen-bond donors (Lipinski definition) is 1. The average Bonchev–Trinajstić information content (AvgIpc) is 2.46. The lowest BCUT2D eigenvalue weighted by Gasteiger charge is -2.18. The van der Waals surface area contributed by atoms with Gasteiger partial charge in [-0.15, -0.1) is 0 Å². The highest BCUT2D eigenvalue weighted by Gasteiger charge is 2.19. The van der Waals surface area contributed by atoms with Crippen LogP contribution in [-0.4, -0.2) is 28.9 Å². The first-order valence-corrected chi connectivity index (χ1v) is 6.62. The van der Waals surface area contributed by atoms with E-state index in [4.69, 9.17) is 5.11 Å². The zero-order chi connectivity index (χ0) is 15.4. The van der Waals surface area contributed by atoms with Crippen molar-refractivity contribution in [3.05, 3.63) is 70.8 Å². The van der Waals surface area contributed by atoms with Crippen LogP contribution in [-0.2, 0) is 6.54 Å². The lowest BCUT2D eigenvalue weighted by Crippen LogP contribution is -2.27. The fourth-order valence-corrected chi connectivity index (χ4v) is 2.22. The Morgan fingerprint density at radius 1 is 1.05 bits per heavy atom. The topological polar surface area (TPSA) is 57.6 Å². The van der Waals surface area contributed by atoms with Crippen molar-refractivity contribution in [3.8, 4) is 0 Å². The van der Waals surface area contributed by atoms with Gasteiger partial charge in [0.15, 0.2) is 0 Å². The van der Waals surface area contributed by atoms with Gasteiger partial charge in [-0.1, -0.05) is 42.0 Å². The summed E-state index contributed by atoms with van der Waals surface area (Å²) in [4.78, 5) is 25.1. The number of amides is 1. The van der Waals surface area contributed by atoms with Gasteiger partial charge in [-0.25, -0.2) is 4.79 Å². The first-order chi connectivity index (χ1) is 9.99. The Bertz CT molecular complexity index is 679. The molecule has 108 valence electrons. The zero-order valence-electron chi connectivity index (χ0n) is 12.0. The van der Waals surface area contributed by atoms with E-state index in [1.54, 1.807) is 25.2 Å². The molecule has 0 aliphatic rings. The molecule has 2 aromatic carbocycles. The van der Waals surface area contributed by atoms with E-state index >= 15 is 0 Å². The molecule has 0 aliphatic carbocycles. The summed E-state index contributed by atoms with van der Waals surface area (Å²) < 4.78 is 0. The molecular weight excluding hydrogens is 266 g/mol. The minimum atomic E-state index is -1.09. The maximum absolute atomic E-state index is 12.4. The van der Waals surface area contributed by atoms with Gasteiger partial charge in [0.05, 0.1) is 11.1 Å². The molecule has 0 unspecified atom stereocenters. The highest BCUT2D eigenvalue weighted by atomic mass is 16.4. The number of carboxylic acid groups (broad SMARTS) is 1. The number of carboxylic acids is 1. The third-order valence-corrected chi connectivity index (χ3v) is 3.24. The molecule has 2 aromatic rings. The monoisotopic (exact) mass is 283 g/mol. The van der Waals surface area contributed by atoms with Gasteiger partial charge in [-0.05, 0) is 24.6 Å². The van der Waals surface area contributed by atoms with Crippen molar-refractivity contribution in [3.63, 3.8) is 0 Å². The number of aryl methyl sites for hydroxylation is 1. The number of carbonyl (C=O) groups is 2. The second-order valence-corrected chi connectivity index (χ2v) is 5.00. The fourth-order valence-electron chi connectivity index (χ4n) is 2.22. The Labute approximate surface area is 123 Å². The van der Waals surface area contributed by atoms with Crippen LogP contribution in [0.1, 0.15) is 31.8 Å². The molecule has 0 heterocycles. The largest absolute Gasteiger partial charge is 0.478 e. The van der Waals surface area contributed by atoms with Crippen LogP contribution in [0.3, 0.4) is 0 Å². The van der Waals surface area contributed by atoms with Gasteiger partial charge < -0.3 is 10.0 Å². The van der Waals surface area contributed by atoms with E-state index in [-0.39, 0.29) is 17.0 Å². The molecule has 0 atom stereocenters. The van der Waals surface area contributed by atoms with Crippen molar-refractivity contribution in [2.75, 3.05) is 7.05 Å².